The quantitative estimate of drug-likeness (QED) is 0.628. The van der Waals surface area contributed by atoms with Crippen molar-refractivity contribution in [1.29, 1.82) is 0 Å². The molecule has 0 radical (unpaired) electrons. The van der Waals surface area contributed by atoms with E-state index in [0.717, 1.165) is 24.6 Å². The molecule has 1 fully saturated rings. The number of piperidine rings is 1. The molecule has 152 valence electrons. The van der Waals surface area contributed by atoms with Gasteiger partial charge in [-0.1, -0.05) is 48.5 Å². The van der Waals surface area contributed by atoms with Gasteiger partial charge in [-0.25, -0.2) is 0 Å². The number of thiophene rings is 1. The van der Waals surface area contributed by atoms with Gasteiger partial charge < -0.3 is 9.84 Å². The summed E-state index contributed by atoms with van der Waals surface area (Å²) in [6.45, 7) is 6.82. The van der Waals surface area contributed by atoms with Crippen LogP contribution >= 0.6 is 11.3 Å². The fourth-order valence-corrected chi connectivity index (χ4v) is 4.80. The number of amides is 1. The van der Waals surface area contributed by atoms with Gasteiger partial charge in [-0.3, -0.25) is 9.69 Å². The van der Waals surface area contributed by atoms with Gasteiger partial charge in [-0.2, -0.15) is 0 Å². The molecule has 1 aliphatic heterocycles. The lowest BCUT2D eigenvalue weighted by atomic mass is 9.97. The van der Waals surface area contributed by atoms with Crippen LogP contribution in [0.5, 0.6) is 0 Å². The molecule has 1 atom stereocenters. The molecular weight excluding hydrogens is 382 g/mol. The lowest BCUT2D eigenvalue weighted by Gasteiger charge is -2.36. The van der Waals surface area contributed by atoms with Crippen LogP contribution in [-0.2, 0) is 0 Å². The molecule has 29 heavy (non-hydrogen) atoms. The zero-order valence-electron chi connectivity index (χ0n) is 16.9. The highest BCUT2D eigenvalue weighted by Gasteiger charge is 2.27. The predicted molar refractivity (Wildman–Crippen MR) is 116 cm³/mol. The van der Waals surface area contributed by atoms with E-state index in [1.54, 1.807) is 18.3 Å². The summed E-state index contributed by atoms with van der Waals surface area (Å²) in [6.07, 6.45) is 2.41. The molecule has 0 bridgehead atoms. The van der Waals surface area contributed by atoms with Crippen molar-refractivity contribution in [2.75, 3.05) is 19.6 Å². The molecule has 1 N–H and O–H groups in total. The van der Waals surface area contributed by atoms with Crippen molar-refractivity contribution >= 4 is 17.2 Å². The summed E-state index contributed by atoms with van der Waals surface area (Å²) in [4.78, 5) is 16.9. The van der Waals surface area contributed by atoms with Crippen LogP contribution < -0.4 is 5.32 Å². The van der Waals surface area contributed by atoms with Gasteiger partial charge in [0.1, 0.15) is 17.0 Å². The minimum absolute atomic E-state index is 0.130. The van der Waals surface area contributed by atoms with E-state index in [4.69, 9.17) is 4.52 Å². The first kappa shape index (κ1) is 19.9. The van der Waals surface area contributed by atoms with Crippen molar-refractivity contribution in [1.82, 2.24) is 15.4 Å². The number of carbonyl (C=O) groups excluding carboxylic acids is 1. The highest BCUT2D eigenvalue weighted by Crippen LogP contribution is 2.30. The van der Waals surface area contributed by atoms with Gasteiger partial charge in [0.05, 0.1) is 6.04 Å². The van der Waals surface area contributed by atoms with Crippen molar-refractivity contribution in [2.45, 2.75) is 32.7 Å². The first-order valence-corrected chi connectivity index (χ1v) is 11.1. The van der Waals surface area contributed by atoms with Crippen LogP contribution in [-0.4, -0.2) is 35.6 Å². The summed E-state index contributed by atoms with van der Waals surface area (Å²) < 4.78 is 5.36. The second-order valence-corrected chi connectivity index (χ2v) is 8.77. The molecule has 6 heteroatoms. The Hall–Kier alpha value is -2.44. The first-order chi connectivity index (χ1) is 14.1. The molecule has 0 spiro atoms. The van der Waals surface area contributed by atoms with E-state index < -0.39 is 0 Å². The highest BCUT2D eigenvalue weighted by atomic mass is 32.1. The van der Waals surface area contributed by atoms with Crippen LogP contribution in [0.25, 0.3) is 11.3 Å². The van der Waals surface area contributed by atoms with Gasteiger partial charge in [0.25, 0.3) is 5.91 Å². The number of aryl methyl sites for hydroxylation is 1. The Balaban J connectivity index is 1.51. The zero-order valence-corrected chi connectivity index (χ0v) is 17.7. The summed E-state index contributed by atoms with van der Waals surface area (Å²) in [5.41, 5.74) is 2.00. The molecule has 3 aromatic rings. The number of likely N-dealkylation sites (tertiary alicyclic amines) is 1. The number of hydrogen-bond acceptors (Lipinski definition) is 5. The molecule has 1 amide bonds. The monoisotopic (exact) mass is 409 g/mol. The molecule has 1 aromatic carbocycles. The first-order valence-electron chi connectivity index (χ1n) is 10.2. The Morgan fingerprint density at radius 1 is 1.24 bits per heavy atom. The molecule has 3 heterocycles. The minimum Gasteiger partial charge on any atom is -0.360 e. The molecule has 1 saturated heterocycles. The van der Waals surface area contributed by atoms with Crippen LogP contribution in [0.1, 0.15) is 46.8 Å². The van der Waals surface area contributed by atoms with Crippen molar-refractivity contribution in [2.24, 2.45) is 5.92 Å². The van der Waals surface area contributed by atoms with Crippen molar-refractivity contribution in [3.05, 3.63) is 64.0 Å². The molecular formula is C23H27N3O2S. The van der Waals surface area contributed by atoms with E-state index in [2.05, 4.69) is 39.8 Å². The molecule has 0 saturated carbocycles. The average molecular weight is 410 g/mol. The van der Waals surface area contributed by atoms with Crippen LogP contribution in [0.2, 0.25) is 0 Å². The fraction of sp³-hybridized carbons (Fsp3) is 0.391. The van der Waals surface area contributed by atoms with Crippen molar-refractivity contribution in [3.63, 3.8) is 0 Å². The molecule has 5 nitrogen and oxygen atoms in total. The third kappa shape index (κ3) is 4.43. The lowest BCUT2D eigenvalue weighted by Crippen LogP contribution is -2.41. The van der Waals surface area contributed by atoms with Crippen molar-refractivity contribution in [3.8, 4) is 11.3 Å². The van der Waals surface area contributed by atoms with Crippen LogP contribution in [0.3, 0.4) is 0 Å². The van der Waals surface area contributed by atoms with Gasteiger partial charge in [0.2, 0.25) is 0 Å². The number of rotatable bonds is 6. The maximum Gasteiger partial charge on any atom is 0.257 e. The van der Waals surface area contributed by atoms with E-state index >= 15 is 0 Å². The van der Waals surface area contributed by atoms with Gasteiger partial charge in [-0.05, 0) is 50.2 Å². The van der Waals surface area contributed by atoms with E-state index in [-0.39, 0.29) is 11.9 Å². The van der Waals surface area contributed by atoms with Gasteiger partial charge in [0, 0.05) is 17.0 Å². The van der Waals surface area contributed by atoms with Gasteiger partial charge >= 0.3 is 0 Å². The van der Waals surface area contributed by atoms with E-state index in [9.17, 15) is 4.79 Å². The lowest BCUT2D eigenvalue weighted by molar-refractivity contribution is 0.0914. The number of nitrogens with zero attached hydrogens (tertiary/aromatic N) is 2. The number of nitrogens with one attached hydrogen (secondary N) is 1. The Morgan fingerprint density at radius 2 is 2.00 bits per heavy atom. The van der Waals surface area contributed by atoms with Crippen LogP contribution in [0, 0.1) is 12.8 Å². The summed E-state index contributed by atoms with van der Waals surface area (Å²) in [6, 6.07) is 14.2. The molecule has 2 aromatic heterocycles. The fourth-order valence-electron chi connectivity index (χ4n) is 3.94. The second-order valence-electron chi connectivity index (χ2n) is 7.79. The maximum atomic E-state index is 13.1. The molecule has 4 rings (SSSR count). The maximum absolute atomic E-state index is 13.1. The third-order valence-corrected chi connectivity index (χ3v) is 6.70. The smallest absolute Gasteiger partial charge is 0.257 e. The Bertz CT molecular complexity index is 928. The Labute approximate surface area is 175 Å². The van der Waals surface area contributed by atoms with Crippen LogP contribution in [0.4, 0.5) is 0 Å². The second kappa shape index (κ2) is 8.93. The largest absolute Gasteiger partial charge is 0.360 e. The standard InChI is InChI=1S/C23H27N3O2S/c1-16-10-12-26(13-11-16)19(20-9-6-14-29-20)15-24-23(27)21-17(2)28-25-22(21)18-7-4-3-5-8-18/h3-9,14,16,19H,10-13,15H2,1-2H3,(H,24,27). The van der Waals surface area contributed by atoms with Gasteiger partial charge in [-0.15, -0.1) is 11.3 Å². The zero-order chi connectivity index (χ0) is 20.2. The normalized spacial score (nSPS) is 16.6. The summed E-state index contributed by atoms with van der Waals surface area (Å²) >= 11 is 1.75. The number of carbonyl (C=O) groups is 1. The van der Waals surface area contributed by atoms with Crippen molar-refractivity contribution < 1.29 is 9.32 Å². The topological polar surface area (TPSA) is 58.4 Å². The van der Waals surface area contributed by atoms with E-state index in [1.165, 1.54) is 17.7 Å². The summed E-state index contributed by atoms with van der Waals surface area (Å²) in [5, 5.41) is 9.40. The number of aromatic nitrogens is 1. The average Bonchev–Trinajstić information content (AvgIpc) is 3.40. The summed E-state index contributed by atoms with van der Waals surface area (Å²) in [5.74, 6) is 1.19. The number of benzene rings is 1. The Kier molecular flexibility index (Phi) is 6.11. The molecule has 1 unspecified atom stereocenters. The van der Waals surface area contributed by atoms with E-state index in [1.807, 2.05) is 30.3 Å². The predicted octanol–water partition coefficient (Wildman–Crippen LogP) is 4.91. The van der Waals surface area contributed by atoms with Crippen LogP contribution in [0.15, 0.2) is 52.4 Å². The van der Waals surface area contributed by atoms with E-state index in [0.29, 0.717) is 23.6 Å². The molecule has 1 aliphatic rings. The SMILES string of the molecule is Cc1onc(-c2ccccc2)c1C(=O)NCC(c1cccs1)N1CCC(C)CC1. The Morgan fingerprint density at radius 3 is 2.69 bits per heavy atom. The number of hydrogen-bond donors (Lipinski definition) is 1. The van der Waals surface area contributed by atoms with Gasteiger partial charge in [0.15, 0.2) is 0 Å². The third-order valence-electron chi connectivity index (χ3n) is 5.72. The highest BCUT2D eigenvalue weighted by molar-refractivity contribution is 7.10. The minimum atomic E-state index is -0.130. The molecule has 0 aliphatic carbocycles. The summed E-state index contributed by atoms with van der Waals surface area (Å²) in [7, 11) is 0.